The molecule has 0 bridgehead atoms. The van der Waals surface area contributed by atoms with E-state index in [1.54, 1.807) is 0 Å². The Kier molecular flexibility index (Phi) is 12.4. The van der Waals surface area contributed by atoms with E-state index in [1.165, 1.54) is 44.5 Å². The Morgan fingerprint density at radius 2 is 0.909 bits per heavy atom. The molecule has 0 fully saturated rings. The van der Waals surface area contributed by atoms with Gasteiger partial charge in [-0.15, -0.1) is 0 Å². The van der Waals surface area contributed by atoms with Gasteiger partial charge in [-0.05, 0) is 0 Å². The van der Waals surface area contributed by atoms with Crippen LogP contribution in [0.3, 0.4) is 0 Å². The molecule has 2 rings (SSSR count). The van der Waals surface area contributed by atoms with Crippen molar-refractivity contribution in [3.05, 3.63) is 56.6 Å². The standard InChI is InChI=1S/2C9H13.C2H7Si.Zr/c2*1-6-5-7(2)9(4)8(6)3;1-3-2;/h2*5H,1-4H3;3H,1-2H3;/q2*-1;;+2. The SMILES string of the molecule is C[SiH]C.Cc1c[c-](C)c(C)c1C.Cc1c[c-](C)c(C)c1C.[Zr+2]. The van der Waals surface area contributed by atoms with Gasteiger partial charge in [0, 0.05) is 9.52 Å². The maximum absolute atomic E-state index is 2.24. The average Bonchev–Trinajstić information content (AvgIpc) is 2.77. The van der Waals surface area contributed by atoms with E-state index in [2.05, 4.69) is 80.6 Å². The van der Waals surface area contributed by atoms with E-state index in [1.807, 2.05) is 0 Å². The van der Waals surface area contributed by atoms with E-state index < -0.39 is 0 Å². The van der Waals surface area contributed by atoms with Crippen molar-refractivity contribution in [2.24, 2.45) is 0 Å². The zero-order chi connectivity index (χ0) is 16.7. The second kappa shape index (κ2) is 11.4. The molecular weight excluding hydrogens is 360 g/mol. The second-order valence-electron chi connectivity index (χ2n) is 6.10. The Morgan fingerprint density at radius 1 is 0.682 bits per heavy atom. The largest absolute Gasteiger partial charge is 2.00 e. The number of hydrogen-bond donors (Lipinski definition) is 0. The van der Waals surface area contributed by atoms with Crippen molar-refractivity contribution in [2.45, 2.75) is 68.5 Å². The van der Waals surface area contributed by atoms with Crippen molar-refractivity contribution in [1.29, 1.82) is 0 Å². The van der Waals surface area contributed by atoms with Crippen LogP contribution in [0.2, 0.25) is 13.1 Å². The first-order valence-electron chi connectivity index (χ1n) is 7.81. The van der Waals surface area contributed by atoms with Gasteiger partial charge in [-0.2, -0.15) is 56.6 Å². The van der Waals surface area contributed by atoms with Crippen LogP contribution in [0.25, 0.3) is 0 Å². The summed E-state index contributed by atoms with van der Waals surface area (Å²) in [6.45, 7) is 21.8. The van der Waals surface area contributed by atoms with E-state index in [-0.39, 0.29) is 26.2 Å². The molecule has 22 heavy (non-hydrogen) atoms. The van der Waals surface area contributed by atoms with Crippen molar-refractivity contribution in [3.63, 3.8) is 0 Å². The summed E-state index contributed by atoms with van der Waals surface area (Å²) in [5, 5.41) is 0. The van der Waals surface area contributed by atoms with Crippen LogP contribution in [0, 0.1) is 55.4 Å². The molecule has 0 N–H and O–H groups in total. The molecular formula is C20H33SiZr. The van der Waals surface area contributed by atoms with Crippen LogP contribution in [0.5, 0.6) is 0 Å². The van der Waals surface area contributed by atoms with Crippen LogP contribution < -0.4 is 0 Å². The van der Waals surface area contributed by atoms with Crippen molar-refractivity contribution in [1.82, 2.24) is 0 Å². The Bertz CT molecular complexity index is 464. The van der Waals surface area contributed by atoms with E-state index in [4.69, 9.17) is 0 Å². The Hall–Kier alpha value is -0.200. The first-order valence-corrected chi connectivity index (χ1v) is 10.1. The molecule has 1 radical (unpaired) electrons. The van der Waals surface area contributed by atoms with Crippen molar-refractivity contribution in [2.75, 3.05) is 0 Å². The van der Waals surface area contributed by atoms with Crippen LogP contribution in [0.15, 0.2) is 12.1 Å². The summed E-state index contributed by atoms with van der Waals surface area (Å²) in [4.78, 5) is 0. The van der Waals surface area contributed by atoms with Crippen molar-refractivity contribution >= 4 is 9.52 Å². The molecule has 0 spiro atoms. The molecule has 0 heterocycles. The fraction of sp³-hybridized carbons (Fsp3) is 0.500. The summed E-state index contributed by atoms with van der Waals surface area (Å²) >= 11 is 0. The summed E-state index contributed by atoms with van der Waals surface area (Å²) in [6, 6.07) is 4.48. The molecule has 0 unspecified atom stereocenters. The van der Waals surface area contributed by atoms with Gasteiger partial charge in [0.1, 0.15) is 0 Å². The fourth-order valence-corrected chi connectivity index (χ4v) is 2.27. The summed E-state index contributed by atoms with van der Waals surface area (Å²) in [6.07, 6.45) is 0. The monoisotopic (exact) mass is 391 g/mol. The van der Waals surface area contributed by atoms with Gasteiger partial charge >= 0.3 is 26.2 Å². The van der Waals surface area contributed by atoms with Gasteiger partial charge in [0.05, 0.1) is 0 Å². The molecule has 0 atom stereocenters. The summed E-state index contributed by atoms with van der Waals surface area (Å²) in [5.74, 6) is 0. The Labute approximate surface area is 160 Å². The second-order valence-corrected chi connectivity index (χ2v) is 7.25. The average molecular weight is 393 g/mol. The molecule has 0 saturated heterocycles. The molecule has 0 nitrogen and oxygen atoms in total. The summed E-state index contributed by atoms with van der Waals surface area (Å²) in [5.41, 5.74) is 11.5. The zero-order valence-electron chi connectivity index (χ0n) is 16.2. The van der Waals surface area contributed by atoms with Crippen LogP contribution in [-0.4, -0.2) is 9.52 Å². The van der Waals surface area contributed by atoms with Gasteiger partial charge in [0.25, 0.3) is 0 Å². The number of hydrogen-bond acceptors (Lipinski definition) is 0. The predicted octanol–water partition coefficient (Wildman–Crippen LogP) is 5.79. The van der Waals surface area contributed by atoms with Crippen molar-refractivity contribution < 1.29 is 26.2 Å². The molecule has 2 heteroatoms. The maximum Gasteiger partial charge on any atom is 2.00 e. The molecule has 2 aromatic carbocycles. The zero-order valence-corrected chi connectivity index (χ0v) is 19.8. The van der Waals surface area contributed by atoms with Crippen LogP contribution in [-0.2, 0) is 26.2 Å². The van der Waals surface area contributed by atoms with E-state index in [0.29, 0.717) is 0 Å². The third-order valence-electron chi connectivity index (χ3n) is 4.36. The Balaban J connectivity index is 0. The molecule has 0 aliphatic heterocycles. The van der Waals surface area contributed by atoms with Crippen LogP contribution in [0.1, 0.15) is 44.5 Å². The molecule has 121 valence electrons. The minimum absolute atomic E-state index is 0. The molecule has 0 aliphatic rings. The molecule has 0 saturated carbocycles. The topological polar surface area (TPSA) is 0 Å². The number of rotatable bonds is 0. The van der Waals surface area contributed by atoms with E-state index in [0.717, 1.165) is 9.52 Å². The Morgan fingerprint density at radius 3 is 0.955 bits per heavy atom. The van der Waals surface area contributed by atoms with Crippen LogP contribution in [0.4, 0.5) is 0 Å². The smallest absolute Gasteiger partial charge is 0.199 e. The quantitative estimate of drug-likeness (QED) is 0.393. The van der Waals surface area contributed by atoms with E-state index in [9.17, 15) is 0 Å². The molecule has 0 amide bonds. The fourth-order valence-electron chi connectivity index (χ4n) is 2.27. The summed E-state index contributed by atoms with van der Waals surface area (Å²) in [7, 11) is 0.750. The van der Waals surface area contributed by atoms with Crippen LogP contribution >= 0.6 is 0 Å². The normalized spacial score (nSPS) is 9.18. The third kappa shape index (κ3) is 6.92. The van der Waals surface area contributed by atoms with Gasteiger partial charge in [-0.25, -0.2) is 0 Å². The van der Waals surface area contributed by atoms with Gasteiger partial charge in [-0.1, -0.05) is 68.5 Å². The van der Waals surface area contributed by atoms with E-state index >= 15 is 0 Å². The number of aryl methyl sites for hydroxylation is 4. The van der Waals surface area contributed by atoms with Gasteiger partial charge in [-0.3, -0.25) is 0 Å². The maximum atomic E-state index is 2.24. The molecule has 0 aliphatic carbocycles. The van der Waals surface area contributed by atoms with Gasteiger partial charge < -0.3 is 0 Å². The minimum Gasteiger partial charge on any atom is -0.199 e. The van der Waals surface area contributed by atoms with Crippen molar-refractivity contribution in [3.8, 4) is 0 Å². The van der Waals surface area contributed by atoms with Gasteiger partial charge in [0.2, 0.25) is 0 Å². The first-order chi connectivity index (χ1) is 9.67. The predicted molar refractivity (Wildman–Crippen MR) is 101 cm³/mol. The minimum atomic E-state index is 0. The summed E-state index contributed by atoms with van der Waals surface area (Å²) < 4.78 is 0. The molecule has 0 aromatic heterocycles. The van der Waals surface area contributed by atoms with Gasteiger partial charge in [0.15, 0.2) is 0 Å². The third-order valence-corrected chi connectivity index (χ3v) is 4.36. The molecule has 2 aromatic rings. The first kappa shape index (κ1) is 24.1.